The molecule has 8 heteroatoms. The van der Waals surface area contributed by atoms with Gasteiger partial charge in [0.15, 0.2) is 11.5 Å². The van der Waals surface area contributed by atoms with E-state index in [2.05, 4.69) is 15.2 Å². The van der Waals surface area contributed by atoms with Gasteiger partial charge in [0.25, 0.3) is 5.89 Å². The van der Waals surface area contributed by atoms with Gasteiger partial charge in [0.05, 0.1) is 6.07 Å². The van der Waals surface area contributed by atoms with Crippen molar-refractivity contribution in [3.8, 4) is 17.5 Å². The van der Waals surface area contributed by atoms with Crippen molar-refractivity contribution in [3.05, 3.63) is 34.6 Å². The van der Waals surface area contributed by atoms with Gasteiger partial charge in [0, 0.05) is 11.8 Å². The topological polar surface area (TPSA) is 102 Å². The van der Waals surface area contributed by atoms with E-state index in [-0.39, 0.29) is 12.2 Å². The van der Waals surface area contributed by atoms with Crippen LogP contribution < -0.4 is 5.69 Å². The van der Waals surface area contributed by atoms with E-state index in [0.29, 0.717) is 22.9 Å². The van der Waals surface area contributed by atoms with Crippen molar-refractivity contribution in [2.75, 3.05) is 0 Å². The van der Waals surface area contributed by atoms with E-state index in [1.54, 1.807) is 25.3 Å². The van der Waals surface area contributed by atoms with Crippen LogP contribution in [0.1, 0.15) is 5.82 Å². The molecule has 0 atom stereocenters. The van der Waals surface area contributed by atoms with E-state index < -0.39 is 0 Å². The van der Waals surface area contributed by atoms with Crippen LogP contribution in [-0.2, 0) is 6.54 Å². The van der Waals surface area contributed by atoms with E-state index in [4.69, 9.17) is 9.78 Å². The fourth-order valence-electron chi connectivity index (χ4n) is 1.73. The second kappa shape index (κ2) is 4.06. The minimum atomic E-state index is -0.357. The molecule has 8 nitrogen and oxygen atoms in total. The molecular weight excluding hydrogens is 248 g/mol. The monoisotopic (exact) mass is 256 g/mol. The summed E-state index contributed by atoms with van der Waals surface area (Å²) in [6.07, 6.45) is 1.56. The maximum Gasteiger partial charge on any atom is 0.351 e. The highest BCUT2D eigenvalue weighted by Crippen LogP contribution is 2.17. The van der Waals surface area contributed by atoms with Gasteiger partial charge in [0.2, 0.25) is 0 Å². The average Bonchev–Trinajstić information content (AvgIpc) is 2.95. The van der Waals surface area contributed by atoms with Gasteiger partial charge in [-0.1, -0.05) is 5.16 Å². The summed E-state index contributed by atoms with van der Waals surface area (Å²) in [5.41, 5.74) is 0.737. The Balaban J connectivity index is 2.16. The summed E-state index contributed by atoms with van der Waals surface area (Å²) in [4.78, 5) is 15.9. The summed E-state index contributed by atoms with van der Waals surface area (Å²) < 4.78 is 7.50. The maximum absolute atomic E-state index is 11.8. The number of nitriles is 1. The quantitative estimate of drug-likeness (QED) is 0.656. The molecule has 0 amide bonds. The van der Waals surface area contributed by atoms with Crippen LogP contribution in [0.4, 0.5) is 0 Å². The Morgan fingerprint density at radius 2 is 2.37 bits per heavy atom. The number of fused-ring (bicyclic) bond motifs is 1. The molecule has 0 aliphatic carbocycles. The van der Waals surface area contributed by atoms with Crippen LogP contribution in [0.2, 0.25) is 0 Å². The number of hydrogen-bond acceptors (Lipinski definition) is 6. The molecule has 0 saturated heterocycles. The first-order valence-corrected chi connectivity index (χ1v) is 5.46. The second-order valence-corrected chi connectivity index (χ2v) is 3.89. The Morgan fingerprint density at radius 1 is 1.53 bits per heavy atom. The summed E-state index contributed by atoms with van der Waals surface area (Å²) in [5, 5.41) is 16.4. The van der Waals surface area contributed by atoms with Crippen molar-refractivity contribution < 1.29 is 4.52 Å². The normalized spacial score (nSPS) is 10.7. The van der Waals surface area contributed by atoms with Gasteiger partial charge in [-0.25, -0.2) is 4.79 Å². The van der Waals surface area contributed by atoms with Crippen LogP contribution >= 0.6 is 0 Å². The summed E-state index contributed by atoms with van der Waals surface area (Å²) in [6, 6.07) is 5.22. The fraction of sp³-hybridized carbons (Fsp3) is 0.182. The first-order valence-electron chi connectivity index (χ1n) is 5.46. The lowest BCUT2D eigenvalue weighted by molar-refractivity contribution is 0.425. The third kappa shape index (κ3) is 1.77. The molecule has 0 bridgehead atoms. The number of nitrogens with zero attached hydrogens (tertiary/aromatic N) is 6. The second-order valence-electron chi connectivity index (χ2n) is 3.89. The van der Waals surface area contributed by atoms with Crippen LogP contribution in [0.5, 0.6) is 0 Å². The van der Waals surface area contributed by atoms with Crippen molar-refractivity contribution in [2.24, 2.45) is 0 Å². The minimum absolute atomic E-state index is 0.0878. The fourth-order valence-corrected chi connectivity index (χ4v) is 1.73. The summed E-state index contributed by atoms with van der Waals surface area (Å²) in [6.45, 7) is 1.63. The molecule has 0 aliphatic rings. The first kappa shape index (κ1) is 11.2. The predicted octanol–water partition coefficient (Wildman–Crippen LogP) is 0.378. The lowest BCUT2D eigenvalue weighted by Crippen LogP contribution is -2.20. The number of hydrogen-bond donors (Lipinski definition) is 0. The molecule has 3 aromatic heterocycles. The highest BCUT2D eigenvalue weighted by atomic mass is 16.5. The number of aryl methyl sites for hydroxylation is 1. The molecule has 94 valence electrons. The Morgan fingerprint density at radius 3 is 3.05 bits per heavy atom. The third-order valence-electron chi connectivity index (χ3n) is 2.58. The highest BCUT2D eigenvalue weighted by molar-refractivity contribution is 5.59. The van der Waals surface area contributed by atoms with Crippen molar-refractivity contribution in [2.45, 2.75) is 13.5 Å². The first-order chi connectivity index (χ1) is 9.19. The SMILES string of the molecule is Cc1noc(-c2ccn3c(=O)n(CC#N)nc3c2)n1. The van der Waals surface area contributed by atoms with Crippen molar-refractivity contribution in [1.82, 2.24) is 24.3 Å². The third-order valence-corrected chi connectivity index (χ3v) is 2.58. The Bertz CT molecular complexity index is 850. The smallest absolute Gasteiger partial charge is 0.334 e. The van der Waals surface area contributed by atoms with Crippen molar-refractivity contribution in [1.29, 1.82) is 5.26 Å². The van der Waals surface area contributed by atoms with E-state index in [1.165, 1.54) is 4.40 Å². The summed E-state index contributed by atoms with van der Waals surface area (Å²) in [5.74, 6) is 0.893. The zero-order valence-corrected chi connectivity index (χ0v) is 9.94. The van der Waals surface area contributed by atoms with Crippen LogP contribution in [0.3, 0.4) is 0 Å². The Hall–Kier alpha value is -2.95. The number of rotatable bonds is 2. The van der Waals surface area contributed by atoms with Crippen LogP contribution in [-0.4, -0.2) is 24.3 Å². The van der Waals surface area contributed by atoms with Crippen LogP contribution in [0.25, 0.3) is 17.1 Å². The minimum Gasteiger partial charge on any atom is -0.334 e. The zero-order chi connectivity index (χ0) is 13.4. The van der Waals surface area contributed by atoms with E-state index >= 15 is 0 Å². The maximum atomic E-state index is 11.8. The molecule has 3 rings (SSSR count). The Kier molecular flexibility index (Phi) is 2.38. The largest absolute Gasteiger partial charge is 0.351 e. The highest BCUT2D eigenvalue weighted by Gasteiger charge is 2.11. The standard InChI is InChI=1S/C11H8N6O2/c1-7-13-10(19-15-7)8-2-4-16-9(6-8)14-17(5-3-12)11(16)18/h2,4,6H,5H2,1H3. The van der Waals surface area contributed by atoms with Gasteiger partial charge in [-0.15, -0.1) is 5.10 Å². The molecule has 0 fully saturated rings. The molecule has 3 heterocycles. The summed E-state index contributed by atoms with van der Waals surface area (Å²) >= 11 is 0. The molecule has 0 aromatic carbocycles. The van der Waals surface area contributed by atoms with E-state index in [0.717, 1.165) is 4.68 Å². The predicted molar refractivity (Wildman–Crippen MR) is 63.1 cm³/mol. The van der Waals surface area contributed by atoms with Gasteiger partial charge in [-0.05, 0) is 19.1 Å². The average molecular weight is 256 g/mol. The molecule has 0 spiro atoms. The van der Waals surface area contributed by atoms with E-state index in [9.17, 15) is 4.79 Å². The molecule has 0 radical (unpaired) electrons. The molecule has 3 aromatic rings. The van der Waals surface area contributed by atoms with Gasteiger partial charge in [0.1, 0.15) is 6.54 Å². The van der Waals surface area contributed by atoms with Gasteiger partial charge in [-0.2, -0.15) is 14.9 Å². The zero-order valence-electron chi connectivity index (χ0n) is 9.94. The van der Waals surface area contributed by atoms with Crippen molar-refractivity contribution in [3.63, 3.8) is 0 Å². The Labute approximate surface area is 106 Å². The van der Waals surface area contributed by atoms with Gasteiger partial charge >= 0.3 is 5.69 Å². The number of aromatic nitrogens is 5. The lowest BCUT2D eigenvalue weighted by atomic mass is 10.2. The van der Waals surface area contributed by atoms with Gasteiger partial charge < -0.3 is 4.52 Å². The number of pyridine rings is 1. The van der Waals surface area contributed by atoms with Crippen LogP contribution in [0.15, 0.2) is 27.6 Å². The van der Waals surface area contributed by atoms with Gasteiger partial charge in [-0.3, -0.25) is 4.40 Å². The summed E-state index contributed by atoms with van der Waals surface area (Å²) in [7, 11) is 0. The lowest BCUT2D eigenvalue weighted by Gasteiger charge is -1.94. The van der Waals surface area contributed by atoms with E-state index in [1.807, 2.05) is 6.07 Å². The van der Waals surface area contributed by atoms with Crippen molar-refractivity contribution >= 4 is 5.65 Å². The molecule has 0 aliphatic heterocycles. The molecule has 19 heavy (non-hydrogen) atoms. The van der Waals surface area contributed by atoms with Crippen LogP contribution in [0, 0.1) is 18.3 Å². The molecule has 0 unspecified atom stereocenters. The molecule has 0 saturated carbocycles. The molecule has 0 N–H and O–H groups in total. The molecular formula is C11H8N6O2.